The Morgan fingerprint density at radius 1 is 0.778 bits per heavy atom. The van der Waals surface area contributed by atoms with Crippen molar-refractivity contribution in [3.63, 3.8) is 0 Å². The SMILES string of the molecule is O=C(NCCC(c1ccccc1)c1ccccc1)c1cc(-c2ccccc2)nn1-c1cccc(Cl)c1. The third-order valence-electron chi connectivity index (χ3n) is 6.19. The minimum atomic E-state index is -0.176. The van der Waals surface area contributed by atoms with E-state index in [9.17, 15) is 4.79 Å². The van der Waals surface area contributed by atoms with E-state index in [-0.39, 0.29) is 11.8 Å². The van der Waals surface area contributed by atoms with Gasteiger partial charge in [-0.2, -0.15) is 5.10 Å². The summed E-state index contributed by atoms with van der Waals surface area (Å²) >= 11 is 6.24. The van der Waals surface area contributed by atoms with E-state index in [0.717, 1.165) is 23.4 Å². The molecule has 1 amide bonds. The fraction of sp³-hybridized carbons (Fsp3) is 0.0968. The number of nitrogens with zero attached hydrogens (tertiary/aromatic N) is 2. The van der Waals surface area contributed by atoms with Crippen molar-refractivity contribution in [1.29, 1.82) is 0 Å². The number of nitrogens with one attached hydrogen (secondary N) is 1. The smallest absolute Gasteiger partial charge is 0.270 e. The number of hydrogen-bond acceptors (Lipinski definition) is 2. The van der Waals surface area contributed by atoms with Crippen molar-refractivity contribution >= 4 is 17.5 Å². The fourth-order valence-electron chi connectivity index (χ4n) is 4.41. The highest BCUT2D eigenvalue weighted by atomic mass is 35.5. The molecule has 0 atom stereocenters. The maximum atomic E-state index is 13.4. The minimum absolute atomic E-state index is 0.176. The fourth-order valence-corrected chi connectivity index (χ4v) is 4.60. The van der Waals surface area contributed by atoms with Crippen LogP contribution < -0.4 is 5.32 Å². The highest BCUT2D eigenvalue weighted by molar-refractivity contribution is 6.30. The number of benzene rings is 4. The molecule has 36 heavy (non-hydrogen) atoms. The molecule has 0 aliphatic carbocycles. The van der Waals surface area contributed by atoms with Gasteiger partial charge < -0.3 is 5.32 Å². The summed E-state index contributed by atoms with van der Waals surface area (Å²) in [6.07, 6.45) is 0.774. The van der Waals surface area contributed by atoms with Crippen LogP contribution in [0.5, 0.6) is 0 Å². The molecule has 0 aliphatic heterocycles. The number of hydrogen-bond donors (Lipinski definition) is 1. The molecule has 5 rings (SSSR count). The van der Waals surface area contributed by atoms with Gasteiger partial charge in [-0.15, -0.1) is 0 Å². The van der Waals surface area contributed by atoms with Gasteiger partial charge in [-0.3, -0.25) is 4.79 Å². The first-order valence-electron chi connectivity index (χ1n) is 12.0. The Morgan fingerprint density at radius 2 is 1.39 bits per heavy atom. The second-order valence-electron chi connectivity index (χ2n) is 8.59. The van der Waals surface area contributed by atoms with Crippen LogP contribution in [0.25, 0.3) is 16.9 Å². The van der Waals surface area contributed by atoms with Gasteiger partial charge in [-0.1, -0.05) is 109 Å². The molecule has 0 fully saturated rings. The van der Waals surface area contributed by atoms with E-state index in [2.05, 4.69) is 53.8 Å². The molecule has 4 nitrogen and oxygen atoms in total. The molecule has 0 saturated carbocycles. The standard InChI is InChI=1S/C31H26ClN3O/c32-26-17-10-18-27(21-26)35-30(22-29(34-35)25-15-8-3-9-16-25)31(36)33-20-19-28(23-11-4-1-5-12-23)24-13-6-2-7-14-24/h1-18,21-22,28H,19-20H2,(H,33,36). The quantitative estimate of drug-likeness (QED) is 0.250. The summed E-state index contributed by atoms with van der Waals surface area (Å²) < 4.78 is 1.66. The lowest BCUT2D eigenvalue weighted by Crippen LogP contribution is -2.28. The van der Waals surface area contributed by atoms with E-state index < -0.39 is 0 Å². The van der Waals surface area contributed by atoms with Crippen LogP contribution >= 0.6 is 11.6 Å². The molecule has 0 bridgehead atoms. The first-order valence-corrected chi connectivity index (χ1v) is 12.4. The molecule has 0 aliphatic rings. The normalized spacial score (nSPS) is 10.9. The Labute approximate surface area is 216 Å². The van der Waals surface area contributed by atoms with Gasteiger partial charge in [0, 0.05) is 23.0 Å². The lowest BCUT2D eigenvalue weighted by Gasteiger charge is -2.18. The van der Waals surface area contributed by atoms with E-state index in [0.29, 0.717) is 17.3 Å². The van der Waals surface area contributed by atoms with Crippen molar-refractivity contribution in [2.75, 3.05) is 6.54 Å². The van der Waals surface area contributed by atoms with Gasteiger partial charge in [0.1, 0.15) is 5.69 Å². The number of amides is 1. The van der Waals surface area contributed by atoms with Crippen LogP contribution in [-0.4, -0.2) is 22.2 Å². The summed E-state index contributed by atoms with van der Waals surface area (Å²) in [6, 6.07) is 39.9. The number of halogens is 1. The van der Waals surface area contributed by atoms with Crippen molar-refractivity contribution in [1.82, 2.24) is 15.1 Å². The van der Waals surface area contributed by atoms with Crippen molar-refractivity contribution in [3.05, 3.63) is 143 Å². The zero-order chi connectivity index (χ0) is 24.7. The number of aromatic nitrogens is 2. The molecule has 5 aromatic rings. The summed E-state index contributed by atoms with van der Waals surface area (Å²) in [5.41, 5.74) is 5.34. The second-order valence-corrected chi connectivity index (χ2v) is 9.03. The van der Waals surface area contributed by atoms with Crippen LogP contribution in [-0.2, 0) is 0 Å². The highest BCUT2D eigenvalue weighted by Crippen LogP contribution is 2.28. The molecular formula is C31H26ClN3O. The van der Waals surface area contributed by atoms with E-state index >= 15 is 0 Å². The largest absolute Gasteiger partial charge is 0.351 e. The second kappa shape index (κ2) is 11.1. The zero-order valence-electron chi connectivity index (χ0n) is 19.7. The Morgan fingerprint density at radius 3 is 2.00 bits per heavy atom. The van der Waals surface area contributed by atoms with Crippen LogP contribution in [0.4, 0.5) is 0 Å². The van der Waals surface area contributed by atoms with Crippen LogP contribution in [0.1, 0.15) is 34.0 Å². The molecule has 0 spiro atoms. The van der Waals surface area contributed by atoms with Crippen LogP contribution in [0.3, 0.4) is 0 Å². The Balaban J connectivity index is 1.39. The van der Waals surface area contributed by atoms with E-state index in [1.165, 1.54) is 11.1 Å². The molecule has 5 heteroatoms. The summed E-state index contributed by atoms with van der Waals surface area (Å²) in [7, 11) is 0. The van der Waals surface area contributed by atoms with Crippen LogP contribution in [0.15, 0.2) is 121 Å². The third-order valence-corrected chi connectivity index (χ3v) is 6.42. The van der Waals surface area contributed by atoms with Crippen LogP contribution in [0.2, 0.25) is 5.02 Å². The molecule has 1 aromatic heterocycles. The van der Waals surface area contributed by atoms with Gasteiger partial charge in [-0.05, 0) is 41.8 Å². The van der Waals surface area contributed by atoms with Gasteiger partial charge in [0.15, 0.2) is 0 Å². The van der Waals surface area contributed by atoms with Crippen molar-refractivity contribution in [2.45, 2.75) is 12.3 Å². The van der Waals surface area contributed by atoms with E-state index in [1.54, 1.807) is 16.8 Å². The minimum Gasteiger partial charge on any atom is -0.351 e. The predicted octanol–water partition coefficient (Wildman–Crippen LogP) is 7.14. The summed E-state index contributed by atoms with van der Waals surface area (Å²) in [6.45, 7) is 0.523. The average Bonchev–Trinajstić information content (AvgIpc) is 3.38. The topological polar surface area (TPSA) is 46.9 Å². The van der Waals surface area contributed by atoms with Crippen molar-refractivity contribution in [2.24, 2.45) is 0 Å². The maximum Gasteiger partial charge on any atom is 0.270 e. The summed E-state index contributed by atoms with van der Waals surface area (Å²) in [4.78, 5) is 13.4. The van der Waals surface area contributed by atoms with Crippen molar-refractivity contribution in [3.8, 4) is 16.9 Å². The number of carbonyl (C=O) groups excluding carboxylic acids is 1. The molecule has 4 aromatic carbocycles. The molecular weight excluding hydrogens is 466 g/mol. The number of rotatable bonds is 8. The molecule has 0 unspecified atom stereocenters. The average molecular weight is 492 g/mol. The number of carbonyl (C=O) groups is 1. The van der Waals surface area contributed by atoms with E-state index in [4.69, 9.17) is 16.7 Å². The van der Waals surface area contributed by atoms with Gasteiger partial charge in [0.25, 0.3) is 5.91 Å². The molecule has 0 radical (unpaired) electrons. The van der Waals surface area contributed by atoms with Gasteiger partial charge in [0.05, 0.1) is 11.4 Å². The Bertz CT molecular complexity index is 1390. The predicted molar refractivity (Wildman–Crippen MR) is 146 cm³/mol. The highest BCUT2D eigenvalue weighted by Gasteiger charge is 2.19. The van der Waals surface area contributed by atoms with Gasteiger partial charge in [-0.25, -0.2) is 4.68 Å². The van der Waals surface area contributed by atoms with E-state index in [1.807, 2.05) is 60.7 Å². The maximum absolute atomic E-state index is 13.4. The van der Waals surface area contributed by atoms with Crippen molar-refractivity contribution < 1.29 is 4.79 Å². The lowest BCUT2D eigenvalue weighted by molar-refractivity contribution is 0.0945. The summed E-state index contributed by atoms with van der Waals surface area (Å²) in [5, 5.41) is 8.46. The molecule has 0 saturated heterocycles. The monoisotopic (exact) mass is 491 g/mol. The van der Waals surface area contributed by atoms with Gasteiger partial charge in [0.2, 0.25) is 0 Å². The lowest BCUT2D eigenvalue weighted by atomic mass is 9.88. The molecule has 1 heterocycles. The summed E-state index contributed by atoms with van der Waals surface area (Å²) in [5.74, 6) is 0.00921. The molecule has 178 valence electrons. The zero-order valence-corrected chi connectivity index (χ0v) is 20.5. The Hall–Kier alpha value is -4.15. The molecule has 1 N–H and O–H groups in total. The Kier molecular flexibility index (Phi) is 7.25. The first kappa shape index (κ1) is 23.6. The third kappa shape index (κ3) is 5.40. The van der Waals surface area contributed by atoms with Crippen LogP contribution in [0, 0.1) is 0 Å². The van der Waals surface area contributed by atoms with Gasteiger partial charge >= 0.3 is 0 Å². The first-order chi connectivity index (χ1) is 17.7.